The van der Waals surface area contributed by atoms with Crippen LogP contribution in [0.25, 0.3) is 0 Å². The first-order chi connectivity index (χ1) is 19.0. The Kier molecular flexibility index (Phi) is 9.93. The molecule has 1 amide bonds. The Morgan fingerprint density at radius 1 is 1.22 bits per heavy atom. The van der Waals surface area contributed by atoms with Crippen molar-refractivity contribution in [3.63, 3.8) is 0 Å². The van der Waals surface area contributed by atoms with Gasteiger partial charge in [-0.1, -0.05) is 20.8 Å². The number of hydrogen-bond acceptors (Lipinski definition) is 8. The molecule has 14 heteroatoms. The number of hydrogen-bond donors (Lipinski definition) is 3. The summed E-state index contributed by atoms with van der Waals surface area (Å²) in [6.07, 6.45) is -0.324. The summed E-state index contributed by atoms with van der Waals surface area (Å²) in [5.74, 6) is -1.45. The van der Waals surface area contributed by atoms with E-state index in [0.29, 0.717) is 11.8 Å². The number of phenolic OH excluding ortho intramolecular Hbond substituents is 1. The SMILES string of the molecule is CN(C)CCCCc1coc([C@H](N=c2[nH][s+]([O-])nc2Nc2ccc(C(F)(F)F)c(C(=O)N(C)C)c2O)C(C)(C)C)c1. The third-order valence-corrected chi connectivity index (χ3v) is 7.00. The van der Waals surface area contributed by atoms with Crippen LogP contribution in [0, 0.1) is 5.41 Å². The van der Waals surface area contributed by atoms with Crippen LogP contribution in [-0.4, -0.2) is 68.8 Å². The average molecular weight is 599 g/mol. The van der Waals surface area contributed by atoms with Gasteiger partial charge >= 0.3 is 6.18 Å². The van der Waals surface area contributed by atoms with E-state index in [0.717, 1.165) is 42.3 Å². The Morgan fingerprint density at radius 2 is 1.90 bits per heavy atom. The number of nitrogens with one attached hydrogen (secondary N) is 2. The number of rotatable bonds is 10. The Bertz CT molecular complexity index is 1420. The predicted molar refractivity (Wildman–Crippen MR) is 150 cm³/mol. The molecule has 2 atom stereocenters. The molecule has 0 aliphatic carbocycles. The van der Waals surface area contributed by atoms with Gasteiger partial charge in [0.15, 0.2) is 16.9 Å². The summed E-state index contributed by atoms with van der Waals surface area (Å²) in [4.78, 5) is 20.4. The molecule has 0 radical (unpaired) electrons. The molecule has 0 aliphatic heterocycles. The van der Waals surface area contributed by atoms with E-state index in [-0.39, 0.29) is 17.0 Å². The van der Waals surface area contributed by atoms with Crippen molar-refractivity contribution in [3.05, 3.63) is 52.4 Å². The van der Waals surface area contributed by atoms with Gasteiger partial charge in [-0.25, -0.2) is 4.99 Å². The number of aromatic hydroxyl groups is 1. The molecule has 0 saturated heterocycles. The van der Waals surface area contributed by atoms with Gasteiger partial charge in [-0.15, -0.1) is 4.37 Å². The van der Waals surface area contributed by atoms with Crippen molar-refractivity contribution >= 4 is 28.6 Å². The van der Waals surface area contributed by atoms with Crippen LogP contribution >= 0.6 is 11.1 Å². The van der Waals surface area contributed by atoms with Crippen LogP contribution in [0.3, 0.4) is 0 Å². The number of furan rings is 1. The second kappa shape index (κ2) is 12.7. The summed E-state index contributed by atoms with van der Waals surface area (Å²) in [5, 5.41) is 13.5. The van der Waals surface area contributed by atoms with Gasteiger partial charge in [0, 0.05) is 18.5 Å². The van der Waals surface area contributed by atoms with Crippen molar-refractivity contribution in [2.45, 2.75) is 52.3 Å². The number of halogens is 3. The second-order valence-corrected chi connectivity index (χ2v) is 12.2. The van der Waals surface area contributed by atoms with Crippen molar-refractivity contribution in [1.82, 2.24) is 18.5 Å². The van der Waals surface area contributed by atoms with Gasteiger partial charge in [0.2, 0.25) is 11.3 Å². The number of nitrogens with zero attached hydrogens (tertiary/aromatic N) is 4. The maximum atomic E-state index is 13.6. The van der Waals surface area contributed by atoms with Crippen LogP contribution in [0.1, 0.15) is 66.9 Å². The maximum absolute atomic E-state index is 13.6. The quantitative estimate of drug-likeness (QED) is 0.160. The monoisotopic (exact) mass is 598 g/mol. The lowest BCUT2D eigenvalue weighted by molar-refractivity contribution is -0.138. The number of aromatic amines is 1. The molecular weight excluding hydrogens is 561 g/mol. The van der Waals surface area contributed by atoms with E-state index in [9.17, 15) is 27.6 Å². The minimum absolute atomic E-state index is 0.0620. The fourth-order valence-electron chi connectivity index (χ4n) is 4.18. The Hall–Kier alpha value is -3.36. The first-order valence-electron chi connectivity index (χ1n) is 13.0. The van der Waals surface area contributed by atoms with Crippen molar-refractivity contribution < 1.29 is 32.0 Å². The number of aryl methyl sites for hydroxylation is 1. The van der Waals surface area contributed by atoms with Crippen LogP contribution in [0.4, 0.5) is 24.7 Å². The molecule has 3 N–H and O–H groups in total. The van der Waals surface area contributed by atoms with Crippen LogP contribution in [0.5, 0.6) is 5.75 Å². The lowest BCUT2D eigenvalue weighted by Gasteiger charge is -2.25. The van der Waals surface area contributed by atoms with Crippen molar-refractivity contribution in [1.29, 1.82) is 0 Å². The number of carbonyl (C=O) groups excluding carboxylic acids is 1. The van der Waals surface area contributed by atoms with Crippen molar-refractivity contribution in [3.8, 4) is 5.75 Å². The molecule has 41 heavy (non-hydrogen) atoms. The summed E-state index contributed by atoms with van der Waals surface area (Å²) in [6, 6.07) is 3.06. The number of benzene rings is 1. The van der Waals surface area contributed by atoms with E-state index in [1.54, 1.807) is 6.26 Å². The molecule has 0 fully saturated rings. The molecule has 0 bridgehead atoms. The zero-order valence-corrected chi connectivity index (χ0v) is 25.0. The van der Waals surface area contributed by atoms with Crippen LogP contribution in [-0.2, 0) is 12.6 Å². The third kappa shape index (κ3) is 8.11. The topological polar surface area (TPSA) is 133 Å². The lowest BCUT2D eigenvalue weighted by Crippen LogP contribution is -2.25. The summed E-state index contributed by atoms with van der Waals surface area (Å²) in [5.41, 5.74) is -1.80. The maximum Gasteiger partial charge on any atom is 0.417 e. The van der Waals surface area contributed by atoms with Gasteiger partial charge in [0.05, 0.1) is 23.1 Å². The fraction of sp³-hybridized carbons (Fsp3) is 0.519. The van der Waals surface area contributed by atoms with E-state index in [4.69, 9.17) is 9.41 Å². The first-order valence-corrected chi connectivity index (χ1v) is 14.1. The van der Waals surface area contributed by atoms with Gasteiger partial charge in [-0.3, -0.25) is 4.79 Å². The van der Waals surface area contributed by atoms with E-state index >= 15 is 0 Å². The molecule has 1 aromatic carbocycles. The van der Waals surface area contributed by atoms with Gasteiger partial charge in [-0.2, -0.15) is 13.2 Å². The summed E-state index contributed by atoms with van der Waals surface area (Å²) in [6.45, 7) is 6.86. The van der Waals surface area contributed by atoms with E-state index in [2.05, 4.69) is 19.0 Å². The molecule has 2 heterocycles. The molecule has 1 unspecified atom stereocenters. The molecule has 2 aromatic heterocycles. The number of H-pyrrole nitrogens is 1. The predicted octanol–water partition coefficient (Wildman–Crippen LogP) is 5.47. The first kappa shape index (κ1) is 32.2. The molecule has 3 rings (SSSR count). The van der Waals surface area contributed by atoms with Gasteiger partial charge in [-0.05, 0) is 69.1 Å². The number of anilines is 2. The van der Waals surface area contributed by atoms with Crippen LogP contribution in [0.15, 0.2) is 33.9 Å². The highest BCUT2D eigenvalue weighted by Crippen LogP contribution is 2.41. The van der Waals surface area contributed by atoms with Gasteiger partial charge < -0.3 is 29.2 Å². The number of carbonyl (C=O) groups is 1. The number of aromatic nitrogens is 2. The number of alkyl halides is 3. The Balaban J connectivity index is 2.00. The normalized spacial score (nSPS) is 14.0. The molecule has 226 valence electrons. The smallest absolute Gasteiger partial charge is 0.417 e. The molecule has 10 nitrogen and oxygen atoms in total. The largest absolute Gasteiger partial charge is 0.548 e. The highest BCUT2D eigenvalue weighted by molar-refractivity contribution is 7.13. The highest BCUT2D eigenvalue weighted by Gasteiger charge is 2.38. The molecule has 3 aromatic rings. The minimum Gasteiger partial charge on any atom is -0.548 e. The zero-order valence-electron chi connectivity index (χ0n) is 24.2. The third-order valence-electron chi connectivity index (χ3n) is 6.28. The summed E-state index contributed by atoms with van der Waals surface area (Å²) < 4.78 is 65.7. The second-order valence-electron chi connectivity index (χ2n) is 11.4. The van der Waals surface area contributed by atoms with E-state index in [1.807, 2.05) is 40.9 Å². The Labute approximate surface area is 240 Å². The van der Waals surface area contributed by atoms with E-state index < -0.39 is 51.6 Å². The Morgan fingerprint density at radius 3 is 2.49 bits per heavy atom. The van der Waals surface area contributed by atoms with Gasteiger partial charge in [0.1, 0.15) is 11.8 Å². The van der Waals surface area contributed by atoms with Crippen LogP contribution < -0.4 is 10.8 Å². The zero-order chi connectivity index (χ0) is 30.7. The molecule has 0 aliphatic rings. The minimum atomic E-state index is -4.88. The number of amides is 1. The molecule has 0 spiro atoms. The summed E-state index contributed by atoms with van der Waals surface area (Å²) in [7, 11) is 6.61. The van der Waals surface area contributed by atoms with Gasteiger partial charge in [0.25, 0.3) is 5.91 Å². The summed E-state index contributed by atoms with van der Waals surface area (Å²) >= 11 is -1.93. The average Bonchev–Trinajstić information content (AvgIpc) is 3.45. The fourth-order valence-corrected chi connectivity index (χ4v) is 4.84. The van der Waals surface area contributed by atoms with Crippen molar-refractivity contribution in [2.75, 3.05) is 40.1 Å². The standard InChI is InChI=1S/C27H37F3N6O4S/c1-26(2,3)22(19-14-16(15-40-19)10-8-9-13-35(4)5)32-24-23(33-41(39)34-24)31-18-12-11-17(27(28,29)30)20(21(18)37)25(38)36(6)7/h11-12,14-15,22,37H,8-10,13H2,1-7H3,(H,31,33)(H,32,34)/t22-,41?/m0/s1. The lowest BCUT2D eigenvalue weighted by atomic mass is 9.85. The van der Waals surface area contributed by atoms with Crippen molar-refractivity contribution in [2.24, 2.45) is 10.4 Å². The number of phenols is 1. The molecular formula is C27H37F3N6O4S. The van der Waals surface area contributed by atoms with Crippen LogP contribution in [0.2, 0.25) is 0 Å². The number of unbranched alkanes of at least 4 members (excludes halogenated alkanes) is 1. The molecule has 0 saturated carbocycles. The van der Waals surface area contributed by atoms with E-state index in [1.165, 1.54) is 14.1 Å². The highest BCUT2D eigenvalue weighted by atomic mass is 32.2.